The second kappa shape index (κ2) is 7.91. The Morgan fingerprint density at radius 1 is 1.10 bits per heavy atom. The van der Waals surface area contributed by atoms with E-state index in [2.05, 4.69) is 10.00 Å². The summed E-state index contributed by atoms with van der Waals surface area (Å²) in [7, 11) is 0. The molecule has 9 heteroatoms. The van der Waals surface area contributed by atoms with E-state index >= 15 is 0 Å². The van der Waals surface area contributed by atoms with Crippen LogP contribution in [0, 0.1) is 0 Å². The van der Waals surface area contributed by atoms with Gasteiger partial charge in [0.25, 0.3) is 0 Å². The highest BCUT2D eigenvalue weighted by Crippen LogP contribution is 2.30. The van der Waals surface area contributed by atoms with Gasteiger partial charge in [0.05, 0.1) is 30.5 Å². The zero-order valence-electron chi connectivity index (χ0n) is 16.7. The van der Waals surface area contributed by atoms with Gasteiger partial charge in [-0.2, -0.15) is 10.1 Å². The van der Waals surface area contributed by atoms with Crippen molar-refractivity contribution in [1.82, 2.24) is 24.6 Å². The molecule has 0 atom stereocenters. The quantitative estimate of drug-likeness (QED) is 0.701. The molecule has 2 aromatic heterocycles. The predicted molar refractivity (Wildman–Crippen MR) is 111 cm³/mol. The maximum atomic E-state index is 12.7. The fourth-order valence-corrected chi connectivity index (χ4v) is 4.03. The van der Waals surface area contributed by atoms with Gasteiger partial charge in [-0.15, -0.1) is 0 Å². The van der Waals surface area contributed by atoms with Crippen molar-refractivity contribution in [2.45, 2.75) is 19.4 Å². The van der Waals surface area contributed by atoms with Gasteiger partial charge in [0, 0.05) is 31.7 Å². The van der Waals surface area contributed by atoms with Gasteiger partial charge < -0.3 is 19.6 Å². The van der Waals surface area contributed by atoms with Gasteiger partial charge in [-0.3, -0.25) is 4.79 Å². The van der Waals surface area contributed by atoms with Gasteiger partial charge in [-0.1, -0.05) is 12.1 Å². The summed E-state index contributed by atoms with van der Waals surface area (Å²) in [6, 6.07) is 6.99. The lowest BCUT2D eigenvalue weighted by molar-refractivity contribution is -0.130. The minimum atomic E-state index is 0.0583. The molecule has 0 saturated carbocycles. The maximum Gasteiger partial charge on any atom is 0.244 e. The zero-order valence-corrected chi connectivity index (χ0v) is 16.7. The number of aromatic nitrogens is 4. The van der Waals surface area contributed by atoms with E-state index in [4.69, 9.17) is 14.7 Å². The number of ether oxygens (including phenoxy) is 1. The number of aromatic hydroxyl groups is 1. The van der Waals surface area contributed by atoms with Gasteiger partial charge in [0.15, 0.2) is 5.65 Å². The number of amides is 1. The van der Waals surface area contributed by atoms with Crippen LogP contribution >= 0.6 is 0 Å². The normalized spacial score (nSPS) is 17.1. The third-order valence-corrected chi connectivity index (χ3v) is 5.64. The van der Waals surface area contributed by atoms with E-state index in [0.29, 0.717) is 43.6 Å². The van der Waals surface area contributed by atoms with Crippen LogP contribution in [0.5, 0.6) is 5.75 Å². The molecule has 9 nitrogen and oxygen atoms in total. The number of benzene rings is 1. The molecule has 2 aliphatic heterocycles. The molecule has 0 aliphatic carbocycles. The number of fused-ring (bicyclic) bond motifs is 1. The second-order valence-corrected chi connectivity index (χ2v) is 7.65. The third kappa shape index (κ3) is 3.56. The standard InChI is InChI=1S/C21H24N6O3/c28-16-5-3-4-15(12-16)19-17-13-22-27(14-18(29)25-6-1-2-7-25)20(17)24-21(23-19)26-8-10-30-11-9-26/h3-5,12-13,28H,1-2,6-11,14H2. The molecule has 2 aliphatic rings. The molecule has 5 rings (SSSR count). The average molecular weight is 408 g/mol. The molecule has 2 saturated heterocycles. The predicted octanol–water partition coefficient (Wildman–Crippen LogP) is 1.66. The number of likely N-dealkylation sites (tertiary alicyclic amines) is 1. The number of hydrogen-bond acceptors (Lipinski definition) is 7. The van der Waals surface area contributed by atoms with E-state index in [1.807, 2.05) is 11.0 Å². The van der Waals surface area contributed by atoms with Crippen LogP contribution in [0.2, 0.25) is 0 Å². The summed E-state index contributed by atoms with van der Waals surface area (Å²) in [6.45, 7) is 4.41. The molecule has 0 radical (unpaired) electrons. The number of rotatable bonds is 4. The highest BCUT2D eigenvalue weighted by molar-refractivity contribution is 5.92. The monoisotopic (exact) mass is 408 g/mol. The molecule has 156 valence electrons. The molecule has 0 unspecified atom stereocenters. The van der Waals surface area contributed by atoms with Crippen LogP contribution in [-0.2, 0) is 16.1 Å². The number of carbonyl (C=O) groups is 1. The molecule has 0 spiro atoms. The van der Waals surface area contributed by atoms with Crippen molar-refractivity contribution in [1.29, 1.82) is 0 Å². The second-order valence-electron chi connectivity index (χ2n) is 7.65. The SMILES string of the molecule is O=C(Cn1ncc2c(-c3cccc(O)c3)nc(N3CCOCC3)nc21)N1CCCC1. The third-order valence-electron chi connectivity index (χ3n) is 5.64. The van der Waals surface area contributed by atoms with Gasteiger partial charge in [-0.25, -0.2) is 9.67 Å². The van der Waals surface area contributed by atoms with Crippen molar-refractivity contribution in [3.63, 3.8) is 0 Å². The first kappa shape index (κ1) is 18.8. The van der Waals surface area contributed by atoms with Crippen LogP contribution in [0.3, 0.4) is 0 Å². The molecular weight excluding hydrogens is 384 g/mol. The number of nitrogens with zero attached hydrogens (tertiary/aromatic N) is 6. The molecule has 3 aromatic rings. The summed E-state index contributed by atoms with van der Waals surface area (Å²) in [5.74, 6) is 0.811. The molecular formula is C21H24N6O3. The number of anilines is 1. The molecule has 2 fully saturated rings. The van der Waals surface area contributed by atoms with Crippen LogP contribution < -0.4 is 4.90 Å². The molecule has 0 bridgehead atoms. The van der Waals surface area contributed by atoms with Crippen LogP contribution in [0.4, 0.5) is 5.95 Å². The summed E-state index contributed by atoms with van der Waals surface area (Å²) in [5.41, 5.74) is 2.09. The summed E-state index contributed by atoms with van der Waals surface area (Å²) in [5, 5.41) is 15.2. The Bertz CT molecular complexity index is 1070. The fourth-order valence-electron chi connectivity index (χ4n) is 4.03. The van der Waals surface area contributed by atoms with Crippen LogP contribution in [0.1, 0.15) is 12.8 Å². The largest absolute Gasteiger partial charge is 0.508 e. The van der Waals surface area contributed by atoms with E-state index in [0.717, 1.165) is 36.9 Å². The maximum absolute atomic E-state index is 12.7. The Kier molecular flexibility index (Phi) is 4.96. The van der Waals surface area contributed by atoms with Crippen molar-refractivity contribution >= 4 is 22.9 Å². The molecule has 4 heterocycles. The fraction of sp³-hybridized carbons (Fsp3) is 0.429. The molecule has 30 heavy (non-hydrogen) atoms. The number of phenols is 1. The van der Waals surface area contributed by atoms with Crippen molar-refractivity contribution in [2.75, 3.05) is 44.3 Å². The van der Waals surface area contributed by atoms with Crippen molar-refractivity contribution in [3.05, 3.63) is 30.5 Å². The molecule has 1 N–H and O–H groups in total. The highest BCUT2D eigenvalue weighted by atomic mass is 16.5. The van der Waals surface area contributed by atoms with Crippen LogP contribution in [-0.4, -0.2) is 75.1 Å². The number of hydrogen-bond donors (Lipinski definition) is 1. The van der Waals surface area contributed by atoms with E-state index in [1.165, 1.54) is 0 Å². The van der Waals surface area contributed by atoms with E-state index in [1.54, 1.807) is 29.1 Å². The van der Waals surface area contributed by atoms with Crippen LogP contribution in [0.15, 0.2) is 30.5 Å². The zero-order chi connectivity index (χ0) is 20.5. The van der Waals surface area contributed by atoms with E-state index < -0.39 is 0 Å². The van der Waals surface area contributed by atoms with Gasteiger partial charge in [-0.05, 0) is 25.0 Å². The Morgan fingerprint density at radius 3 is 2.67 bits per heavy atom. The summed E-state index contributed by atoms with van der Waals surface area (Å²) in [4.78, 5) is 26.2. The minimum Gasteiger partial charge on any atom is -0.508 e. The highest BCUT2D eigenvalue weighted by Gasteiger charge is 2.23. The Balaban J connectivity index is 1.59. The lowest BCUT2D eigenvalue weighted by Gasteiger charge is -2.27. The first-order chi connectivity index (χ1) is 14.7. The first-order valence-electron chi connectivity index (χ1n) is 10.3. The van der Waals surface area contributed by atoms with E-state index in [-0.39, 0.29) is 18.2 Å². The Labute approximate surface area is 173 Å². The van der Waals surface area contributed by atoms with Crippen LogP contribution in [0.25, 0.3) is 22.3 Å². The van der Waals surface area contributed by atoms with Crippen molar-refractivity contribution < 1.29 is 14.6 Å². The lowest BCUT2D eigenvalue weighted by atomic mass is 10.1. The first-order valence-corrected chi connectivity index (χ1v) is 10.3. The van der Waals surface area contributed by atoms with E-state index in [9.17, 15) is 9.90 Å². The average Bonchev–Trinajstić information content (AvgIpc) is 3.44. The number of phenolic OH excluding ortho intramolecular Hbond substituents is 1. The Morgan fingerprint density at radius 2 is 1.90 bits per heavy atom. The number of morpholine rings is 1. The van der Waals surface area contributed by atoms with Gasteiger partial charge >= 0.3 is 0 Å². The summed E-state index contributed by atoms with van der Waals surface area (Å²) < 4.78 is 7.12. The Hall–Kier alpha value is -3.20. The molecule has 1 aromatic carbocycles. The summed E-state index contributed by atoms with van der Waals surface area (Å²) in [6.07, 6.45) is 3.81. The smallest absolute Gasteiger partial charge is 0.244 e. The lowest BCUT2D eigenvalue weighted by Crippen LogP contribution is -2.37. The summed E-state index contributed by atoms with van der Waals surface area (Å²) >= 11 is 0. The van der Waals surface area contributed by atoms with Crippen molar-refractivity contribution in [3.8, 4) is 17.0 Å². The van der Waals surface area contributed by atoms with Crippen molar-refractivity contribution in [2.24, 2.45) is 0 Å². The molecule has 1 amide bonds. The minimum absolute atomic E-state index is 0.0583. The topological polar surface area (TPSA) is 96.6 Å². The number of carbonyl (C=O) groups excluding carboxylic acids is 1. The van der Waals surface area contributed by atoms with Gasteiger partial charge in [0.1, 0.15) is 12.3 Å². The van der Waals surface area contributed by atoms with Gasteiger partial charge in [0.2, 0.25) is 11.9 Å².